The molecule has 0 aromatic heterocycles. The van der Waals surface area contributed by atoms with Crippen LogP contribution >= 0.6 is 0 Å². The fraction of sp³-hybridized carbons (Fsp3) is 0.220. The molecule has 8 nitrogen and oxygen atoms in total. The van der Waals surface area contributed by atoms with Crippen LogP contribution < -0.4 is 21.3 Å². The van der Waals surface area contributed by atoms with E-state index in [-0.39, 0.29) is 47.5 Å². The molecule has 0 radical (unpaired) electrons. The Kier molecular flexibility index (Phi) is 8.46. The van der Waals surface area contributed by atoms with Crippen LogP contribution in [0.2, 0.25) is 0 Å². The third-order valence-corrected chi connectivity index (χ3v) is 9.94. The Morgan fingerprint density at radius 3 is 2.18 bits per heavy atom. The van der Waals surface area contributed by atoms with Crippen LogP contribution in [0.15, 0.2) is 103 Å². The molecule has 3 heterocycles. The van der Waals surface area contributed by atoms with Gasteiger partial charge in [-0.1, -0.05) is 87.9 Å². The van der Waals surface area contributed by atoms with Gasteiger partial charge >= 0.3 is 0 Å². The first-order valence-corrected chi connectivity index (χ1v) is 16.8. The Morgan fingerprint density at radius 1 is 0.816 bits per heavy atom. The van der Waals surface area contributed by atoms with Gasteiger partial charge in [0.25, 0.3) is 11.8 Å². The second-order valence-corrected chi connectivity index (χ2v) is 13.2. The van der Waals surface area contributed by atoms with Crippen LogP contribution in [0.5, 0.6) is 0 Å². The molecule has 0 saturated carbocycles. The zero-order valence-electron chi connectivity index (χ0n) is 27.7. The largest absolute Gasteiger partial charge is 0.345 e. The molecule has 4 atom stereocenters. The summed E-state index contributed by atoms with van der Waals surface area (Å²) in [5, 5.41) is 12.4. The van der Waals surface area contributed by atoms with E-state index >= 15 is 0 Å². The van der Waals surface area contributed by atoms with E-state index in [9.17, 15) is 19.2 Å². The van der Waals surface area contributed by atoms with E-state index in [0.29, 0.717) is 28.9 Å². The molecule has 4 N–H and O–H groups in total. The third-order valence-electron chi connectivity index (χ3n) is 9.94. The number of para-hydroxylation sites is 1. The summed E-state index contributed by atoms with van der Waals surface area (Å²) in [7, 11) is 0. The number of carbonyl (C=O) groups is 4. The number of hydrogen-bond donors (Lipinski definition) is 4. The van der Waals surface area contributed by atoms with Crippen molar-refractivity contribution in [2.75, 3.05) is 10.6 Å². The quantitative estimate of drug-likeness (QED) is 0.181. The van der Waals surface area contributed by atoms with Crippen molar-refractivity contribution in [2.45, 2.75) is 45.7 Å². The zero-order chi connectivity index (χ0) is 34.2. The number of benzene rings is 4. The van der Waals surface area contributed by atoms with E-state index in [1.54, 1.807) is 24.3 Å². The lowest BCUT2D eigenvalue weighted by Gasteiger charge is -2.33. The first kappa shape index (κ1) is 31.8. The average molecular weight is 651 g/mol. The fourth-order valence-electron chi connectivity index (χ4n) is 7.25. The van der Waals surface area contributed by atoms with Gasteiger partial charge in [-0.2, -0.15) is 0 Å². The molecule has 0 fully saturated rings. The standard InChI is InChI=1S/C41H38N4O4/c1-4-23(2)38-32(26-11-5-7-14-29(26)40(48)44-38)21-37(47)43-35-18-17-25-19-24(3)39-33(27-12-6-8-15-30(27)41(49)45-39)22-36(46)42-34-16-10-9-13-28(34)31(35)20-25/h5-18,20-24,38-39H,4,19H2,1-3H3,(H,42,46)(H,43,47)(H,44,48)(H,45,49)/b32-21-,33-22-/t23-,24-,38-,39-/m0/s1. The van der Waals surface area contributed by atoms with E-state index in [2.05, 4.69) is 42.0 Å². The highest BCUT2D eigenvalue weighted by Gasteiger charge is 2.34. The van der Waals surface area contributed by atoms with E-state index < -0.39 is 0 Å². The second-order valence-electron chi connectivity index (χ2n) is 13.2. The maximum Gasteiger partial charge on any atom is 0.252 e. The van der Waals surface area contributed by atoms with Gasteiger partial charge in [0, 0.05) is 45.8 Å². The van der Waals surface area contributed by atoms with Gasteiger partial charge in [0.05, 0.1) is 12.1 Å². The average Bonchev–Trinajstić information content (AvgIpc) is 3.10. The molecule has 3 aliphatic heterocycles. The summed E-state index contributed by atoms with van der Waals surface area (Å²) in [6, 6.07) is 27.5. The first-order valence-electron chi connectivity index (χ1n) is 16.8. The van der Waals surface area contributed by atoms with Crippen molar-refractivity contribution in [3.63, 3.8) is 0 Å². The maximum atomic E-state index is 13.9. The van der Waals surface area contributed by atoms with Crippen molar-refractivity contribution in [2.24, 2.45) is 11.8 Å². The molecule has 4 aromatic rings. The van der Waals surface area contributed by atoms with Crippen LogP contribution in [0.3, 0.4) is 0 Å². The lowest BCUT2D eigenvalue weighted by atomic mass is 9.80. The molecule has 8 heteroatoms. The molecule has 0 spiro atoms. The summed E-state index contributed by atoms with van der Waals surface area (Å²) in [6.07, 6.45) is 4.63. The van der Waals surface area contributed by atoms with Gasteiger partial charge in [0.15, 0.2) is 0 Å². The molecular formula is C41H38N4O4. The van der Waals surface area contributed by atoms with Crippen molar-refractivity contribution in [1.82, 2.24) is 10.6 Å². The summed E-state index contributed by atoms with van der Waals surface area (Å²) in [6.45, 7) is 6.20. The van der Waals surface area contributed by atoms with Gasteiger partial charge in [-0.3, -0.25) is 19.2 Å². The lowest BCUT2D eigenvalue weighted by Crippen LogP contribution is -2.45. The summed E-state index contributed by atoms with van der Waals surface area (Å²) in [4.78, 5) is 53.6. The summed E-state index contributed by atoms with van der Waals surface area (Å²) >= 11 is 0. The third kappa shape index (κ3) is 6.06. The predicted molar refractivity (Wildman–Crippen MR) is 193 cm³/mol. The van der Waals surface area contributed by atoms with Gasteiger partial charge in [-0.15, -0.1) is 0 Å². The monoisotopic (exact) mass is 650 g/mol. The zero-order valence-corrected chi connectivity index (χ0v) is 27.7. The topological polar surface area (TPSA) is 116 Å². The Bertz CT molecular complexity index is 2080. The number of nitrogens with one attached hydrogen (secondary N) is 4. The summed E-state index contributed by atoms with van der Waals surface area (Å²) < 4.78 is 0. The van der Waals surface area contributed by atoms with Crippen molar-refractivity contribution < 1.29 is 19.2 Å². The van der Waals surface area contributed by atoms with Gasteiger partial charge in [-0.05, 0) is 76.4 Å². The Hall–Kier alpha value is -5.76. The Morgan fingerprint density at radius 2 is 1.45 bits per heavy atom. The number of anilines is 2. The van der Waals surface area contributed by atoms with Crippen molar-refractivity contribution >= 4 is 46.1 Å². The molecule has 0 unspecified atom stereocenters. The highest BCUT2D eigenvalue weighted by atomic mass is 16.2. The number of fused-ring (bicyclic) bond motifs is 8. The SMILES string of the molecule is CC[C@H](C)[C@@H]1NC(=O)c2ccccc2/C1=C/C(=O)Nc1ccc2cc1-c1ccccc1NC(=O)/C=C1/c3ccccc3C(=O)N[C@H]1[C@@H](C)C2. The Labute approximate surface area is 285 Å². The first-order chi connectivity index (χ1) is 23.7. The Balaban J connectivity index is 1.29. The molecule has 3 aliphatic rings. The molecule has 4 amide bonds. The van der Waals surface area contributed by atoms with Crippen LogP contribution in [0, 0.1) is 11.8 Å². The smallest absolute Gasteiger partial charge is 0.252 e. The van der Waals surface area contributed by atoms with E-state index in [0.717, 1.165) is 45.4 Å². The van der Waals surface area contributed by atoms with Gasteiger partial charge < -0.3 is 21.3 Å². The van der Waals surface area contributed by atoms with Crippen molar-refractivity contribution in [3.05, 3.63) is 131 Å². The molecule has 49 heavy (non-hydrogen) atoms. The van der Waals surface area contributed by atoms with Crippen LogP contribution in [0.1, 0.15) is 64.6 Å². The van der Waals surface area contributed by atoms with Gasteiger partial charge in [-0.25, -0.2) is 0 Å². The van der Waals surface area contributed by atoms with E-state index in [4.69, 9.17) is 0 Å². The normalized spacial score (nSPS) is 22.2. The molecule has 2 bridgehead atoms. The number of rotatable bonds is 4. The van der Waals surface area contributed by atoms with Gasteiger partial charge in [0.2, 0.25) is 11.8 Å². The number of hydrogen-bond acceptors (Lipinski definition) is 4. The van der Waals surface area contributed by atoms with Gasteiger partial charge in [0.1, 0.15) is 0 Å². The predicted octanol–water partition coefficient (Wildman–Crippen LogP) is 6.86. The summed E-state index contributed by atoms with van der Waals surface area (Å²) in [5.74, 6) is -0.883. The van der Waals surface area contributed by atoms with Crippen LogP contribution in [0.25, 0.3) is 22.3 Å². The maximum absolute atomic E-state index is 13.9. The van der Waals surface area contributed by atoms with Crippen molar-refractivity contribution in [1.29, 1.82) is 0 Å². The highest BCUT2D eigenvalue weighted by Crippen LogP contribution is 2.38. The second kappa shape index (κ2) is 13.0. The minimum absolute atomic E-state index is 0.0527. The van der Waals surface area contributed by atoms with Crippen LogP contribution in [-0.2, 0) is 16.0 Å². The molecular weight excluding hydrogens is 612 g/mol. The fourth-order valence-corrected chi connectivity index (χ4v) is 7.25. The number of amides is 4. The van der Waals surface area contributed by atoms with E-state index in [1.807, 2.05) is 78.9 Å². The molecule has 0 aliphatic carbocycles. The van der Waals surface area contributed by atoms with Crippen molar-refractivity contribution in [3.8, 4) is 11.1 Å². The number of carbonyl (C=O) groups excluding carboxylic acids is 4. The lowest BCUT2D eigenvalue weighted by molar-refractivity contribution is -0.112. The van der Waals surface area contributed by atoms with E-state index in [1.165, 1.54) is 0 Å². The summed E-state index contributed by atoms with van der Waals surface area (Å²) in [5.41, 5.74) is 7.85. The van der Waals surface area contributed by atoms with Crippen LogP contribution in [-0.4, -0.2) is 35.7 Å². The highest BCUT2D eigenvalue weighted by molar-refractivity contribution is 6.13. The van der Waals surface area contributed by atoms with Crippen LogP contribution in [0.4, 0.5) is 11.4 Å². The molecule has 7 rings (SSSR count). The molecule has 0 saturated heterocycles. The molecule has 246 valence electrons. The minimum Gasteiger partial charge on any atom is -0.345 e. The molecule has 4 aromatic carbocycles. The minimum atomic E-state index is -0.380.